The Hall–Kier alpha value is -3.58. The molecule has 0 bridgehead atoms. The minimum Gasteiger partial charge on any atom is -0.396 e. The summed E-state index contributed by atoms with van der Waals surface area (Å²) in [6.07, 6.45) is 7.33. The molecule has 36 heavy (non-hydrogen) atoms. The van der Waals surface area contributed by atoms with Crippen LogP contribution in [0.2, 0.25) is 0 Å². The fraction of sp³-hybridized carbons (Fsp3) is 0.400. The van der Waals surface area contributed by atoms with E-state index in [4.69, 9.17) is 10.2 Å². The Morgan fingerprint density at radius 3 is 1.28 bits per heavy atom. The molecule has 6 nitrogen and oxygen atoms in total. The van der Waals surface area contributed by atoms with E-state index in [0.29, 0.717) is 24.2 Å². The first-order valence-electron chi connectivity index (χ1n) is 12.6. The van der Waals surface area contributed by atoms with Gasteiger partial charge in [-0.1, -0.05) is 37.5 Å². The summed E-state index contributed by atoms with van der Waals surface area (Å²) in [6.45, 7) is 1.68. The Kier molecular flexibility index (Phi) is 14.2. The lowest BCUT2D eigenvalue weighted by molar-refractivity contribution is 0.0944. The molecule has 2 aromatic carbocycles. The van der Waals surface area contributed by atoms with Gasteiger partial charge in [0.05, 0.1) is 0 Å². The summed E-state index contributed by atoms with van der Waals surface area (Å²) >= 11 is 0. The molecule has 0 aliphatic carbocycles. The number of carbonyl (C=O) groups is 2. The highest BCUT2D eigenvalue weighted by atomic mass is 16.3. The molecule has 0 aromatic heterocycles. The molecule has 4 N–H and O–H groups in total. The van der Waals surface area contributed by atoms with Gasteiger partial charge in [0.2, 0.25) is 0 Å². The summed E-state index contributed by atoms with van der Waals surface area (Å²) in [5.74, 6) is 11.4. The van der Waals surface area contributed by atoms with Crippen LogP contribution in [0.15, 0.2) is 48.5 Å². The maximum absolute atomic E-state index is 12.2. The van der Waals surface area contributed by atoms with Crippen LogP contribution in [0.5, 0.6) is 0 Å². The molecule has 0 heterocycles. The molecule has 0 aliphatic rings. The van der Waals surface area contributed by atoms with Crippen molar-refractivity contribution in [3.63, 3.8) is 0 Å². The largest absolute Gasteiger partial charge is 0.396 e. The van der Waals surface area contributed by atoms with Crippen LogP contribution in [0, 0.1) is 23.7 Å². The SMILES string of the molecule is O=C(NCCCCCCO)c1ccc(C#CC#Cc2ccc(C(=O)NCCCCCCO)cc2)cc1. The first kappa shape index (κ1) is 28.7. The van der Waals surface area contributed by atoms with Crippen molar-refractivity contribution in [1.82, 2.24) is 10.6 Å². The van der Waals surface area contributed by atoms with E-state index in [1.807, 2.05) is 0 Å². The van der Waals surface area contributed by atoms with E-state index >= 15 is 0 Å². The number of amides is 2. The summed E-state index contributed by atoms with van der Waals surface area (Å²) in [7, 11) is 0. The molecule has 0 atom stereocenters. The van der Waals surface area contributed by atoms with Crippen LogP contribution in [0.25, 0.3) is 0 Å². The molecule has 190 valence electrons. The van der Waals surface area contributed by atoms with Gasteiger partial charge in [-0.25, -0.2) is 0 Å². The van der Waals surface area contributed by atoms with E-state index in [2.05, 4.69) is 34.3 Å². The van der Waals surface area contributed by atoms with Crippen LogP contribution in [-0.4, -0.2) is 48.3 Å². The van der Waals surface area contributed by atoms with Gasteiger partial charge in [-0.15, -0.1) is 0 Å². The van der Waals surface area contributed by atoms with E-state index in [1.165, 1.54) is 0 Å². The average Bonchev–Trinajstić information content (AvgIpc) is 2.91. The van der Waals surface area contributed by atoms with Crippen molar-refractivity contribution < 1.29 is 19.8 Å². The molecule has 0 fully saturated rings. The fourth-order valence-corrected chi connectivity index (χ4v) is 3.41. The monoisotopic (exact) mass is 488 g/mol. The van der Waals surface area contributed by atoms with Gasteiger partial charge in [-0.3, -0.25) is 9.59 Å². The Labute approximate surface area is 214 Å². The molecule has 0 aliphatic heterocycles. The van der Waals surface area contributed by atoms with E-state index in [9.17, 15) is 9.59 Å². The van der Waals surface area contributed by atoms with Gasteiger partial charge in [-0.05, 0) is 86.1 Å². The Balaban J connectivity index is 1.76. The first-order valence-corrected chi connectivity index (χ1v) is 12.6. The Morgan fingerprint density at radius 1 is 0.556 bits per heavy atom. The minimum absolute atomic E-state index is 0.105. The molecule has 0 spiro atoms. The van der Waals surface area contributed by atoms with Crippen LogP contribution in [0.4, 0.5) is 0 Å². The second-order valence-corrected chi connectivity index (χ2v) is 8.44. The number of aliphatic hydroxyl groups is 2. The lowest BCUT2D eigenvalue weighted by atomic mass is 10.1. The molecule has 0 saturated carbocycles. The molecular formula is C30H36N2O4. The molecule has 2 amide bonds. The quantitative estimate of drug-likeness (QED) is 0.241. The van der Waals surface area contributed by atoms with Crippen LogP contribution in [0.1, 0.15) is 83.2 Å². The highest BCUT2D eigenvalue weighted by Gasteiger charge is 2.05. The smallest absolute Gasteiger partial charge is 0.251 e. The number of hydrogen-bond acceptors (Lipinski definition) is 4. The highest BCUT2D eigenvalue weighted by Crippen LogP contribution is 2.05. The predicted molar refractivity (Wildman–Crippen MR) is 142 cm³/mol. The van der Waals surface area contributed by atoms with Crippen molar-refractivity contribution in [2.45, 2.75) is 51.4 Å². The normalized spacial score (nSPS) is 9.94. The number of aliphatic hydroxyl groups excluding tert-OH is 2. The molecule has 6 heteroatoms. The number of unbranched alkanes of at least 4 members (excludes halogenated alkanes) is 6. The third-order valence-corrected chi connectivity index (χ3v) is 5.51. The summed E-state index contributed by atoms with van der Waals surface area (Å²) in [5, 5.41) is 23.3. The van der Waals surface area contributed by atoms with Crippen LogP contribution < -0.4 is 10.6 Å². The van der Waals surface area contributed by atoms with Crippen molar-refractivity contribution >= 4 is 11.8 Å². The van der Waals surface area contributed by atoms with Gasteiger partial charge >= 0.3 is 0 Å². The van der Waals surface area contributed by atoms with Gasteiger partial charge in [0.25, 0.3) is 11.8 Å². The van der Waals surface area contributed by atoms with Crippen LogP contribution in [-0.2, 0) is 0 Å². The summed E-state index contributed by atoms with van der Waals surface area (Å²) in [4.78, 5) is 24.4. The van der Waals surface area contributed by atoms with Crippen LogP contribution >= 0.6 is 0 Å². The minimum atomic E-state index is -0.105. The van der Waals surface area contributed by atoms with Gasteiger partial charge < -0.3 is 20.8 Å². The van der Waals surface area contributed by atoms with Gasteiger partial charge in [0.1, 0.15) is 0 Å². The Morgan fingerprint density at radius 2 is 0.917 bits per heavy atom. The van der Waals surface area contributed by atoms with E-state index in [0.717, 1.165) is 62.5 Å². The summed E-state index contributed by atoms with van der Waals surface area (Å²) in [6, 6.07) is 14.2. The van der Waals surface area contributed by atoms with Crippen molar-refractivity contribution in [2.24, 2.45) is 0 Å². The molecule has 2 aromatic rings. The molecule has 2 rings (SSSR count). The predicted octanol–water partition coefficient (Wildman–Crippen LogP) is 3.65. The average molecular weight is 489 g/mol. The second-order valence-electron chi connectivity index (χ2n) is 8.44. The van der Waals surface area contributed by atoms with E-state index < -0.39 is 0 Å². The summed E-state index contributed by atoms with van der Waals surface area (Å²) in [5.41, 5.74) is 2.72. The molecular weight excluding hydrogens is 452 g/mol. The third kappa shape index (κ3) is 11.7. The maximum Gasteiger partial charge on any atom is 0.251 e. The zero-order valence-corrected chi connectivity index (χ0v) is 20.8. The highest BCUT2D eigenvalue weighted by molar-refractivity contribution is 5.94. The topological polar surface area (TPSA) is 98.7 Å². The first-order chi connectivity index (χ1) is 17.6. The van der Waals surface area contributed by atoms with E-state index in [1.54, 1.807) is 48.5 Å². The van der Waals surface area contributed by atoms with E-state index in [-0.39, 0.29) is 25.0 Å². The number of carbonyl (C=O) groups excluding carboxylic acids is 2. The van der Waals surface area contributed by atoms with Gasteiger partial charge in [0.15, 0.2) is 0 Å². The lowest BCUT2D eigenvalue weighted by Crippen LogP contribution is -2.24. The van der Waals surface area contributed by atoms with Crippen molar-refractivity contribution in [2.75, 3.05) is 26.3 Å². The van der Waals surface area contributed by atoms with Gasteiger partial charge in [-0.2, -0.15) is 0 Å². The number of benzene rings is 2. The van der Waals surface area contributed by atoms with Crippen molar-refractivity contribution in [3.8, 4) is 23.7 Å². The van der Waals surface area contributed by atoms with Crippen molar-refractivity contribution in [3.05, 3.63) is 70.8 Å². The standard InChI is InChI=1S/C30H36N2O4/c33-23-9-3-1-7-21-31-29(35)27-17-13-25(14-18-27)11-5-6-12-26-15-19-28(20-16-26)30(36)32-22-8-2-4-10-24-34/h13-20,33-34H,1-4,7-10,21-24H2,(H,31,35)(H,32,36). The van der Waals surface area contributed by atoms with Crippen LogP contribution in [0.3, 0.4) is 0 Å². The third-order valence-electron chi connectivity index (χ3n) is 5.51. The maximum atomic E-state index is 12.2. The van der Waals surface area contributed by atoms with Gasteiger partial charge in [0, 0.05) is 48.6 Å². The second kappa shape index (κ2) is 17.8. The van der Waals surface area contributed by atoms with Crippen molar-refractivity contribution in [1.29, 1.82) is 0 Å². The molecule has 0 saturated heterocycles. The molecule has 0 radical (unpaired) electrons. The number of hydrogen-bond donors (Lipinski definition) is 4. The fourth-order valence-electron chi connectivity index (χ4n) is 3.41. The zero-order chi connectivity index (χ0) is 25.8. The number of nitrogens with one attached hydrogen (secondary N) is 2. The Bertz CT molecular complexity index is 967. The zero-order valence-electron chi connectivity index (χ0n) is 20.8. The summed E-state index contributed by atoms with van der Waals surface area (Å²) < 4.78 is 0. The number of rotatable bonds is 14. The molecule has 0 unspecified atom stereocenters. The lowest BCUT2D eigenvalue weighted by Gasteiger charge is -2.05.